The zero-order valence-corrected chi connectivity index (χ0v) is 11.1. The Morgan fingerprint density at radius 2 is 2.28 bits per heavy atom. The van der Waals surface area contributed by atoms with E-state index in [1.807, 2.05) is 6.07 Å². The maximum atomic E-state index is 5.88. The van der Waals surface area contributed by atoms with Crippen LogP contribution in [0, 0.1) is 5.92 Å². The van der Waals surface area contributed by atoms with Crippen molar-refractivity contribution in [2.45, 2.75) is 38.6 Å². The lowest BCUT2D eigenvalue weighted by atomic mass is 9.96. The van der Waals surface area contributed by atoms with Gasteiger partial charge < -0.3 is 15.8 Å². The number of nitrogens with two attached hydrogens (primary N) is 1. The summed E-state index contributed by atoms with van der Waals surface area (Å²) >= 11 is 0. The second kappa shape index (κ2) is 5.52. The first kappa shape index (κ1) is 13.1. The molecule has 5 heteroatoms. The van der Waals surface area contributed by atoms with Gasteiger partial charge in [-0.05, 0) is 32.1 Å². The molecule has 1 heterocycles. The molecule has 1 aromatic rings. The fourth-order valence-corrected chi connectivity index (χ4v) is 2.03. The van der Waals surface area contributed by atoms with Gasteiger partial charge in [0.15, 0.2) is 0 Å². The van der Waals surface area contributed by atoms with Gasteiger partial charge in [-0.15, -0.1) is 0 Å². The van der Waals surface area contributed by atoms with Crippen molar-refractivity contribution in [1.82, 2.24) is 9.97 Å². The Morgan fingerprint density at radius 3 is 2.89 bits per heavy atom. The molecule has 18 heavy (non-hydrogen) atoms. The van der Waals surface area contributed by atoms with Crippen LogP contribution in [0.4, 0.5) is 5.82 Å². The molecule has 100 valence electrons. The summed E-state index contributed by atoms with van der Waals surface area (Å²) in [6, 6.07) is 1.84. The highest BCUT2D eigenvalue weighted by molar-refractivity contribution is 5.41. The van der Waals surface area contributed by atoms with E-state index in [0.717, 1.165) is 12.2 Å². The largest absolute Gasteiger partial charge is 0.478 e. The molecule has 1 saturated carbocycles. The van der Waals surface area contributed by atoms with Gasteiger partial charge in [0.1, 0.15) is 12.1 Å². The van der Waals surface area contributed by atoms with Crippen LogP contribution in [0.25, 0.3) is 0 Å². The third kappa shape index (κ3) is 3.10. The van der Waals surface area contributed by atoms with Gasteiger partial charge in [0, 0.05) is 12.6 Å². The second-order valence-electron chi connectivity index (χ2n) is 5.11. The van der Waals surface area contributed by atoms with Crippen molar-refractivity contribution in [3.8, 4) is 5.88 Å². The molecule has 3 N–H and O–H groups in total. The van der Waals surface area contributed by atoms with Crippen LogP contribution in [0.1, 0.15) is 33.1 Å². The minimum Gasteiger partial charge on any atom is -0.478 e. The molecule has 0 saturated heterocycles. The summed E-state index contributed by atoms with van der Waals surface area (Å²) in [5, 5.41) is 3.43. The minimum absolute atomic E-state index is 0.0730. The number of anilines is 1. The molecule has 5 nitrogen and oxygen atoms in total. The number of ether oxygens (including phenoxy) is 1. The van der Waals surface area contributed by atoms with E-state index in [9.17, 15) is 0 Å². The lowest BCUT2D eigenvalue weighted by molar-refractivity contribution is 0.304. The van der Waals surface area contributed by atoms with Crippen LogP contribution in [-0.2, 0) is 0 Å². The highest BCUT2D eigenvalue weighted by Gasteiger charge is 2.40. The van der Waals surface area contributed by atoms with Gasteiger partial charge in [-0.3, -0.25) is 0 Å². The van der Waals surface area contributed by atoms with Crippen LogP contribution in [0.5, 0.6) is 5.88 Å². The van der Waals surface area contributed by atoms with Gasteiger partial charge in [-0.25, -0.2) is 9.97 Å². The van der Waals surface area contributed by atoms with Crippen LogP contribution in [0.3, 0.4) is 0 Å². The van der Waals surface area contributed by atoms with Gasteiger partial charge in [0.25, 0.3) is 0 Å². The fourth-order valence-electron chi connectivity index (χ4n) is 2.03. The first-order valence-corrected chi connectivity index (χ1v) is 6.61. The first-order valence-electron chi connectivity index (χ1n) is 6.61. The molecule has 0 radical (unpaired) electrons. The van der Waals surface area contributed by atoms with E-state index < -0.39 is 0 Å². The summed E-state index contributed by atoms with van der Waals surface area (Å²) in [5.41, 5.74) is 5.80. The predicted octanol–water partition coefficient (Wildman–Crippen LogP) is 1.80. The summed E-state index contributed by atoms with van der Waals surface area (Å²) in [7, 11) is 0. The van der Waals surface area contributed by atoms with E-state index in [-0.39, 0.29) is 5.54 Å². The maximum Gasteiger partial charge on any atom is 0.218 e. The van der Waals surface area contributed by atoms with E-state index in [2.05, 4.69) is 29.1 Å². The molecule has 1 aliphatic rings. The number of hydrogen-bond donors (Lipinski definition) is 2. The normalized spacial score (nSPS) is 18.2. The van der Waals surface area contributed by atoms with Crippen LogP contribution in [-0.4, -0.2) is 28.7 Å². The summed E-state index contributed by atoms with van der Waals surface area (Å²) in [5.74, 6) is 2.05. The minimum atomic E-state index is -0.0730. The lowest BCUT2D eigenvalue weighted by Gasteiger charge is -2.30. The molecule has 0 aliphatic heterocycles. The first-order chi connectivity index (χ1) is 8.68. The van der Waals surface area contributed by atoms with E-state index in [0.29, 0.717) is 24.9 Å². The van der Waals surface area contributed by atoms with Crippen molar-refractivity contribution < 1.29 is 4.74 Å². The second-order valence-corrected chi connectivity index (χ2v) is 5.11. The van der Waals surface area contributed by atoms with Crippen molar-refractivity contribution in [3.63, 3.8) is 0 Å². The zero-order chi connectivity index (χ0) is 13.0. The van der Waals surface area contributed by atoms with E-state index in [1.165, 1.54) is 19.2 Å². The standard InChI is InChI=1S/C13H22N4O/c1-3-6-18-12-7-11(15-9-16-12)17-13(2,8-14)10-4-5-10/h7,9-10H,3-6,8,14H2,1-2H3,(H,15,16,17). The Morgan fingerprint density at radius 1 is 1.50 bits per heavy atom. The highest BCUT2D eigenvalue weighted by atomic mass is 16.5. The number of rotatable bonds is 7. The molecule has 0 amide bonds. The zero-order valence-electron chi connectivity index (χ0n) is 11.1. The van der Waals surface area contributed by atoms with Gasteiger partial charge in [-0.1, -0.05) is 6.92 Å². The molecule has 1 atom stereocenters. The molecule has 1 aromatic heterocycles. The lowest BCUT2D eigenvalue weighted by Crippen LogP contribution is -2.44. The molecule has 0 spiro atoms. The Hall–Kier alpha value is -1.36. The van der Waals surface area contributed by atoms with Gasteiger partial charge in [-0.2, -0.15) is 0 Å². The summed E-state index contributed by atoms with van der Waals surface area (Å²) in [4.78, 5) is 8.32. The highest BCUT2D eigenvalue weighted by Crippen LogP contribution is 2.40. The molecule has 0 aromatic carbocycles. The van der Waals surface area contributed by atoms with Crippen LogP contribution in [0.15, 0.2) is 12.4 Å². The molecule has 1 fully saturated rings. The Labute approximate surface area is 108 Å². The number of hydrogen-bond acceptors (Lipinski definition) is 5. The van der Waals surface area contributed by atoms with Gasteiger partial charge >= 0.3 is 0 Å². The smallest absolute Gasteiger partial charge is 0.218 e. The SMILES string of the molecule is CCCOc1cc(NC(C)(CN)C2CC2)ncn1. The number of aromatic nitrogens is 2. The third-order valence-corrected chi connectivity index (χ3v) is 3.41. The van der Waals surface area contributed by atoms with Crippen molar-refractivity contribution in [2.24, 2.45) is 11.7 Å². The summed E-state index contributed by atoms with van der Waals surface area (Å²) in [6.45, 7) is 5.50. The van der Waals surface area contributed by atoms with Crippen LogP contribution < -0.4 is 15.8 Å². The number of nitrogens with one attached hydrogen (secondary N) is 1. The van der Waals surface area contributed by atoms with E-state index in [1.54, 1.807) is 0 Å². The molecule has 1 aliphatic carbocycles. The predicted molar refractivity (Wildman–Crippen MR) is 71.6 cm³/mol. The van der Waals surface area contributed by atoms with E-state index >= 15 is 0 Å². The van der Waals surface area contributed by atoms with Gasteiger partial charge in [0.05, 0.1) is 12.1 Å². The number of nitrogens with zero attached hydrogens (tertiary/aromatic N) is 2. The van der Waals surface area contributed by atoms with Crippen molar-refractivity contribution in [3.05, 3.63) is 12.4 Å². The van der Waals surface area contributed by atoms with Crippen molar-refractivity contribution in [1.29, 1.82) is 0 Å². The van der Waals surface area contributed by atoms with Crippen LogP contribution >= 0.6 is 0 Å². The molecule has 1 unspecified atom stereocenters. The Balaban J connectivity index is 2.03. The molecular formula is C13H22N4O. The third-order valence-electron chi connectivity index (χ3n) is 3.41. The van der Waals surface area contributed by atoms with Gasteiger partial charge in [0.2, 0.25) is 5.88 Å². The molecular weight excluding hydrogens is 228 g/mol. The topological polar surface area (TPSA) is 73.1 Å². The molecule has 0 bridgehead atoms. The van der Waals surface area contributed by atoms with E-state index in [4.69, 9.17) is 10.5 Å². The monoisotopic (exact) mass is 250 g/mol. The fraction of sp³-hybridized carbons (Fsp3) is 0.692. The Bertz CT molecular complexity index is 394. The van der Waals surface area contributed by atoms with Crippen LogP contribution in [0.2, 0.25) is 0 Å². The average Bonchev–Trinajstić information content (AvgIpc) is 3.21. The Kier molecular flexibility index (Phi) is 4.01. The molecule has 2 rings (SSSR count). The van der Waals surface area contributed by atoms with Crippen molar-refractivity contribution in [2.75, 3.05) is 18.5 Å². The quantitative estimate of drug-likeness (QED) is 0.772. The average molecular weight is 250 g/mol. The summed E-state index contributed by atoms with van der Waals surface area (Å²) in [6.07, 6.45) is 4.97. The summed E-state index contributed by atoms with van der Waals surface area (Å²) < 4.78 is 5.50. The maximum absolute atomic E-state index is 5.88. The van der Waals surface area contributed by atoms with Crippen molar-refractivity contribution >= 4 is 5.82 Å².